The Balaban J connectivity index is 1.27. The van der Waals surface area contributed by atoms with Gasteiger partial charge < -0.3 is 9.67 Å². The summed E-state index contributed by atoms with van der Waals surface area (Å²) in [4.78, 5) is 16.2. The number of aliphatic hydroxyl groups is 1. The van der Waals surface area contributed by atoms with Crippen molar-refractivity contribution in [2.24, 2.45) is 0 Å². The zero-order chi connectivity index (χ0) is 38.9. The summed E-state index contributed by atoms with van der Waals surface area (Å²) in [5.74, 6) is -0.533. The van der Waals surface area contributed by atoms with Gasteiger partial charge in [-0.05, 0) is 64.7 Å². The molecule has 1 aromatic heterocycles. The number of hydrogen-bond donors (Lipinski definition) is 1. The maximum atomic E-state index is 14.9. The molecule has 276 valence electrons. The first-order valence-corrected chi connectivity index (χ1v) is 17.6. The minimum atomic E-state index is -5.05. The first-order chi connectivity index (χ1) is 26.9. The van der Waals surface area contributed by atoms with Gasteiger partial charge in [-0.25, -0.2) is 0 Å². The van der Waals surface area contributed by atoms with E-state index >= 15 is 0 Å². The highest BCUT2D eigenvalue weighted by Crippen LogP contribution is 2.47. The van der Waals surface area contributed by atoms with Crippen LogP contribution in [-0.4, -0.2) is 15.6 Å². The lowest BCUT2D eigenvalue weighted by atomic mass is 9.96. The van der Waals surface area contributed by atoms with Crippen LogP contribution >= 0.6 is 0 Å². The number of rotatable bonds is 5. The molecule has 1 amide bonds. The minimum Gasteiger partial charge on any atom is -0.369 e. The number of alkyl halides is 6. The van der Waals surface area contributed by atoms with E-state index in [0.29, 0.717) is 56.4 Å². The van der Waals surface area contributed by atoms with Crippen molar-refractivity contribution in [1.82, 2.24) is 4.57 Å². The zero-order valence-corrected chi connectivity index (χ0v) is 29.1. The van der Waals surface area contributed by atoms with E-state index in [2.05, 4.69) is 0 Å². The summed E-state index contributed by atoms with van der Waals surface area (Å²) in [6.45, 7) is 0. The van der Waals surface area contributed by atoms with Crippen LogP contribution in [0, 0.1) is 0 Å². The second-order valence-corrected chi connectivity index (χ2v) is 13.6. The molecule has 8 aromatic rings. The number of fused-ring (bicyclic) bond motifs is 4. The fourth-order valence-electron chi connectivity index (χ4n) is 7.82. The molecule has 1 aliphatic rings. The van der Waals surface area contributed by atoms with Crippen LogP contribution in [0.25, 0.3) is 60.9 Å². The van der Waals surface area contributed by atoms with E-state index in [4.69, 9.17) is 0 Å². The van der Waals surface area contributed by atoms with E-state index in [1.165, 1.54) is 11.0 Å². The van der Waals surface area contributed by atoms with Crippen molar-refractivity contribution >= 4 is 33.4 Å². The molecule has 0 aliphatic carbocycles. The molecule has 1 aliphatic heterocycles. The van der Waals surface area contributed by atoms with Crippen molar-refractivity contribution in [1.29, 1.82) is 0 Å². The molecule has 0 saturated carbocycles. The van der Waals surface area contributed by atoms with Gasteiger partial charge in [0.25, 0.3) is 5.91 Å². The van der Waals surface area contributed by atoms with Crippen LogP contribution in [0.1, 0.15) is 33.3 Å². The highest BCUT2D eigenvalue weighted by Gasteiger charge is 2.41. The van der Waals surface area contributed by atoms with Crippen LogP contribution in [-0.2, 0) is 12.4 Å². The van der Waals surface area contributed by atoms with E-state index in [9.17, 15) is 36.2 Å². The fourth-order valence-corrected chi connectivity index (χ4v) is 7.82. The van der Waals surface area contributed by atoms with Gasteiger partial charge in [0.15, 0.2) is 6.23 Å². The van der Waals surface area contributed by atoms with E-state index < -0.39 is 35.6 Å². The number of anilines is 1. The lowest BCUT2D eigenvalue weighted by Crippen LogP contribution is -2.28. The molecule has 2 heterocycles. The van der Waals surface area contributed by atoms with E-state index in [-0.39, 0.29) is 22.8 Å². The summed E-state index contributed by atoms with van der Waals surface area (Å²) in [5, 5.41) is 13.2. The molecule has 0 bridgehead atoms. The van der Waals surface area contributed by atoms with Gasteiger partial charge in [-0.1, -0.05) is 115 Å². The first kappa shape index (κ1) is 35.1. The standard InChI is InChI=1S/C46H28F6N2O2/c47-45(48,49)31-23-30(24-32(26-31)46(50,51)52)33-16-9-17-35-34-15-7-8-19-38(34)53(42(33)35)40-20-10-18-36-41(40)44(56)54(43(36)55)39-22-21-29(27-11-3-1-4-12-27)25-37(39)28-13-5-2-6-14-28/h1-26,43,55H. The molecule has 4 nitrogen and oxygen atoms in total. The molecule has 10 heteroatoms. The summed E-state index contributed by atoms with van der Waals surface area (Å²) >= 11 is 0. The number of halogens is 6. The van der Waals surface area contributed by atoms with Gasteiger partial charge in [-0.15, -0.1) is 0 Å². The number of hydrogen-bond acceptors (Lipinski definition) is 2. The molecule has 1 unspecified atom stereocenters. The summed E-state index contributed by atoms with van der Waals surface area (Å²) in [6.07, 6.45) is -11.5. The lowest BCUT2D eigenvalue weighted by molar-refractivity contribution is -0.143. The number of aromatic nitrogens is 1. The first-order valence-electron chi connectivity index (χ1n) is 17.6. The van der Waals surface area contributed by atoms with E-state index in [1.54, 1.807) is 65.2 Å². The van der Waals surface area contributed by atoms with Gasteiger partial charge in [0.05, 0.1) is 39.1 Å². The Labute approximate surface area is 316 Å². The molecule has 0 radical (unpaired) electrons. The molecular formula is C46H28F6N2O2. The van der Waals surface area contributed by atoms with Gasteiger partial charge >= 0.3 is 12.4 Å². The topological polar surface area (TPSA) is 45.5 Å². The minimum absolute atomic E-state index is 0.0959. The predicted molar refractivity (Wildman–Crippen MR) is 205 cm³/mol. The van der Waals surface area contributed by atoms with E-state index in [0.717, 1.165) is 16.7 Å². The molecule has 1 atom stereocenters. The molecule has 56 heavy (non-hydrogen) atoms. The lowest BCUT2D eigenvalue weighted by Gasteiger charge is -2.25. The Hall–Kier alpha value is -6.65. The Bertz CT molecular complexity index is 2790. The predicted octanol–water partition coefficient (Wildman–Crippen LogP) is 12.5. The van der Waals surface area contributed by atoms with Crippen molar-refractivity contribution in [3.63, 3.8) is 0 Å². The van der Waals surface area contributed by atoms with Gasteiger partial charge in [0, 0.05) is 27.5 Å². The third-order valence-electron chi connectivity index (χ3n) is 10.3. The Morgan fingerprint density at radius 1 is 0.500 bits per heavy atom. The number of benzene rings is 7. The number of para-hydroxylation sites is 2. The number of aliphatic hydroxyl groups excluding tert-OH is 1. The second-order valence-electron chi connectivity index (χ2n) is 13.6. The average molecular weight is 755 g/mol. The monoisotopic (exact) mass is 754 g/mol. The fraction of sp³-hybridized carbons (Fsp3) is 0.0652. The van der Waals surface area contributed by atoms with Crippen LogP contribution in [0.5, 0.6) is 0 Å². The van der Waals surface area contributed by atoms with Gasteiger partial charge in [-0.2, -0.15) is 26.3 Å². The van der Waals surface area contributed by atoms with Crippen molar-refractivity contribution < 1.29 is 36.2 Å². The normalized spacial score (nSPS) is 14.5. The quantitative estimate of drug-likeness (QED) is 0.178. The van der Waals surface area contributed by atoms with Crippen LogP contribution in [0.2, 0.25) is 0 Å². The molecule has 0 fully saturated rings. The van der Waals surface area contributed by atoms with Gasteiger partial charge in [0.2, 0.25) is 0 Å². The highest BCUT2D eigenvalue weighted by molar-refractivity contribution is 6.18. The number of nitrogens with zero attached hydrogens (tertiary/aromatic N) is 2. The smallest absolute Gasteiger partial charge is 0.369 e. The zero-order valence-electron chi connectivity index (χ0n) is 29.1. The molecule has 7 aromatic carbocycles. The number of carbonyl (C=O) groups excluding carboxylic acids is 1. The summed E-state index contributed by atoms with van der Waals surface area (Å²) in [5.41, 5.74) is 2.32. The molecule has 0 spiro atoms. The summed E-state index contributed by atoms with van der Waals surface area (Å²) < 4.78 is 86.2. The SMILES string of the molecule is O=C1c2c(cccc2-n2c3ccccc3c3cccc(-c4cc(C(F)(F)F)cc(C(F)(F)F)c4)c32)C(O)N1c1ccc(-c2ccccc2)cc1-c1ccccc1. The second kappa shape index (κ2) is 13.0. The Kier molecular flexibility index (Phi) is 8.14. The van der Waals surface area contributed by atoms with Crippen LogP contribution in [0.15, 0.2) is 158 Å². The van der Waals surface area contributed by atoms with Crippen molar-refractivity contribution in [3.8, 4) is 39.1 Å². The maximum Gasteiger partial charge on any atom is 0.416 e. The average Bonchev–Trinajstić information content (AvgIpc) is 3.68. The van der Waals surface area contributed by atoms with Gasteiger partial charge in [0.1, 0.15) is 0 Å². The maximum absolute atomic E-state index is 14.9. The van der Waals surface area contributed by atoms with Crippen molar-refractivity contribution in [3.05, 3.63) is 180 Å². The number of carbonyl (C=O) groups is 1. The third-order valence-corrected chi connectivity index (χ3v) is 10.3. The number of amides is 1. The molecular weight excluding hydrogens is 727 g/mol. The third kappa shape index (κ3) is 5.72. The van der Waals surface area contributed by atoms with E-state index in [1.807, 2.05) is 72.8 Å². The molecule has 9 rings (SSSR count). The molecule has 0 saturated heterocycles. The Morgan fingerprint density at radius 3 is 1.79 bits per heavy atom. The largest absolute Gasteiger partial charge is 0.416 e. The highest BCUT2D eigenvalue weighted by atomic mass is 19.4. The van der Waals surface area contributed by atoms with Crippen LogP contribution < -0.4 is 4.90 Å². The van der Waals surface area contributed by atoms with Crippen LogP contribution in [0.3, 0.4) is 0 Å². The molecule has 1 N–H and O–H groups in total. The summed E-state index contributed by atoms with van der Waals surface area (Å²) in [6, 6.07) is 43.2. The van der Waals surface area contributed by atoms with Gasteiger partial charge in [-0.3, -0.25) is 9.69 Å². The summed E-state index contributed by atoms with van der Waals surface area (Å²) in [7, 11) is 0. The van der Waals surface area contributed by atoms with Crippen molar-refractivity contribution in [2.45, 2.75) is 18.6 Å². The van der Waals surface area contributed by atoms with Crippen molar-refractivity contribution in [2.75, 3.05) is 4.90 Å². The Morgan fingerprint density at radius 2 is 1.11 bits per heavy atom. The van der Waals surface area contributed by atoms with Crippen LogP contribution in [0.4, 0.5) is 32.0 Å².